The third-order valence-corrected chi connectivity index (χ3v) is 2.84. The summed E-state index contributed by atoms with van der Waals surface area (Å²) in [6.45, 7) is 2.46. The van der Waals surface area contributed by atoms with E-state index < -0.39 is 0 Å². The first-order chi connectivity index (χ1) is 9.10. The predicted octanol–water partition coefficient (Wildman–Crippen LogP) is 1.23. The molecular formula is C13H18ClN3O3. The Balaban J connectivity index is 0.00000200. The zero-order chi connectivity index (χ0) is 13.8. The third-order valence-electron chi connectivity index (χ3n) is 2.84. The number of fused-ring (bicyclic) bond motifs is 1. The Morgan fingerprint density at radius 3 is 2.95 bits per heavy atom. The van der Waals surface area contributed by atoms with E-state index in [9.17, 15) is 9.59 Å². The van der Waals surface area contributed by atoms with Crippen molar-refractivity contribution in [3.63, 3.8) is 0 Å². The van der Waals surface area contributed by atoms with Crippen LogP contribution in [0.25, 0.3) is 0 Å². The molecule has 0 fully saturated rings. The number of hydrogen-bond donors (Lipinski definition) is 3. The zero-order valence-corrected chi connectivity index (χ0v) is 12.2. The molecule has 0 spiro atoms. The Bertz CT molecular complexity index is 508. The van der Waals surface area contributed by atoms with Crippen LogP contribution in [0.3, 0.4) is 0 Å². The second kappa shape index (κ2) is 7.12. The summed E-state index contributed by atoms with van der Waals surface area (Å²) in [6.07, 6.45) is 0. The molecule has 20 heavy (non-hydrogen) atoms. The summed E-state index contributed by atoms with van der Waals surface area (Å²) in [5.41, 5.74) is 1.28. The first-order valence-corrected chi connectivity index (χ1v) is 6.12. The third kappa shape index (κ3) is 3.85. The predicted molar refractivity (Wildman–Crippen MR) is 79.5 cm³/mol. The number of hydrogen-bond acceptors (Lipinski definition) is 4. The summed E-state index contributed by atoms with van der Waals surface area (Å²) < 4.78 is 5.29. The molecule has 1 aromatic rings. The monoisotopic (exact) mass is 299 g/mol. The van der Waals surface area contributed by atoms with E-state index in [4.69, 9.17) is 4.74 Å². The van der Waals surface area contributed by atoms with Crippen molar-refractivity contribution in [1.82, 2.24) is 5.32 Å². The van der Waals surface area contributed by atoms with Gasteiger partial charge in [0.25, 0.3) is 5.91 Å². The minimum absolute atomic E-state index is 0. The molecule has 7 heteroatoms. The van der Waals surface area contributed by atoms with Crippen molar-refractivity contribution < 1.29 is 14.3 Å². The molecule has 0 saturated heterocycles. The van der Waals surface area contributed by atoms with Crippen molar-refractivity contribution in [3.8, 4) is 5.75 Å². The lowest BCUT2D eigenvalue weighted by molar-refractivity contribution is -0.119. The van der Waals surface area contributed by atoms with E-state index in [1.807, 2.05) is 6.92 Å². The molecule has 1 unspecified atom stereocenters. The van der Waals surface area contributed by atoms with Crippen molar-refractivity contribution in [3.05, 3.63) is 18.2 Å². The van der Waals surface area contributed by atoms with E-state index in [2.05, 4.69) is 16.0 Å². The lowest BCUT2D eigenvalue weighted by Gasteiger charge is -2.19. The normalized spacial score (nSPS) is 14.2. The van der Waals surface area contributed by atoms with Gasteiger partial charge in [-0.25, -0.2) is 0 Å². The topological polar surface area (TPSA) is 79.5 Å². The molecule has 1 heterocycles. The number of nitrogens with one attached hydrogen (secondary N) is 3. The fourth-order valence-electron chi connectivity index (χ4n) is 1.82. The van der Waals surface area contributed by atoms with Crippen LogP contribution >= 0.6 is 12.4 Å². The van der Waals surface area contributed by atoms with Crippen molar-refractivity contribution in [2.45, 2.75) is 6.92 Å². The summed E-state index contributed by atoms with van der Waals surface area (Å²) in [5, 5.41) is 8.47. The van der Waals surface area contributed by atoms with Crippen molar-refractivity contribution in [2.75, 3.05) is 30.8 Å². The van der Waals surface area contributed by atoms with Gasteiger partial charge in [-0.2, -0.15) is 0 Å². The Morgan fingerprint density at radius 1 is 1.50 bits per heavy atom. The molecule has 110 valence electrons. The number of carbonyl (C=O) groups is 2. The molecular weight excluding hydrogens is 282 g/mol. The second-order valence-corrected chi connectivity index (χ2v) is 4.50. The quantitative estimate of drug-likeness (QED) is 0.781. The Labute approximate surface area is 123 Å². The molecule has 0 aromatic heterocycles. The number of amides is 2. The van der Waals surface area contributed by atoms with Gasteiger partial charge in [-0.1, -0.05) is 6.92 Å². The average Bonchev–Trinajstić information content (AvgIpc) is 2.39. The van der Waals surface area contributed by atoms with E-state index in [-0.39, 0.29) is 36.7 Å². The zero-order valence-electron chi connectivity index (χ0n) is 11.4. The highest BCUT2D eigenvalue weighted by Gasteiger charge is 2.17. The molecule has 0 bridgehead atoms. The largest absolute Gasteiger partial charge is 0.482 e. The van der Waals surface area contributed by atoms with Gasteiger partial charge >= 0.3 is 0 Å². The summed E-state index contributed by atoms with van der Waals surface area (Å²) in [4.78, 5) is 23.0. The number of rotatable bonds is 4. The Morgan fingerprint density at radius 2 is 2.25 bits per heavy atom. The highest BCUT2D eigenvalue weighted by atomic mass is 35.5. The second-order valence-electron chi connectivity index (χ2n) is 4.50. The van der Waals surface area contributed by atoms with Crippen LogP contribution in [0.5, 0.6) is 5.75 Å². The molecule has 2 amide bonds. The lowest BCUT2D eigenvalue weighted by atomic mass is 10.1. The minimum atomic E-state index is -0.174. The first-order valence-electron chi connectivity index (χ1n) is 6.12. The number of ether oxygens (including phenoxy) is 1. The van der Waals surface area contributed by atoms with E-state index in [0.717, 1.165) is 0 Å². The fourth-order valence-corrected chi connectivity index (χ4v) is 1.82. The molecule has 0 saturated carbocycles. The summed E-state index contributed by atoms with van der Waals surface area (Å²) in [7, 11) is 1.80. The van der Waals surface area contributed by atoms with Crippen LogP contribution in [0, 0.1) is 5.92 Å². The van der Waals surface area contributed by atoms with E-state index >= 15 is 0 Å². The number of halogens is 1. The molecule has 0 aliphatic carbocycles. The number of benzene rings is 1. The standard InChI is InChI=1S/C13H17N3O3.ClH/c1-8(6-14-2)13(18)15-9-3-4-10-11(5-9)19-7-12(17)16-10;/h3-5,8,14H,6-7H2,1-2H3,(H,15,18)(H,16,17);1H. The first kappa shape index (κ1) is 16.3. The van der Waals surface area contributed by atoms with Gasteiger partial charge in [-0.3, -0.25) is 9.59 Å². The fraction of sp³-hybridized carbons (Fsp3) is 0.385. The van der Waals surface area contributed by atoms with Gasteiger partial charge in [0.2, 0.25) is 5.91 Å². The summed E-state index contributed by atoms with van der Waals surface area (Å²) in [6, 6.07) is 5.15. The molecule has 0 radical (unpaired) electrons. The van der Waals surface area contributed by atoms with Crippen molar-refractivity contribution in [2.24, 2.45) is 5.92 Å². The molecule has 3 N–H and O–H groups in total. The Hall–Kier alpha value is -1.79. The van der Waals surface area contributed by atoms with Crippen LogP contribution in [0.15, 0.2) is 18.2 Å². The SMILES string of the molecule is CNCC(C)C(=O)Nc1ccc2c(c1)OCC(=O)N2.Cl. The van der Waals surface area contributed by atoms with E-state index in [1.54, 1.807) is 25.2 Å². The molecule has 6 nitrogen and oxygen atoms in total. The molecule has 1 aliphatic heterocycles. The van der Waals surface area contributed by atoms with Gasteiger partial charge in [-0.15, -0.1) is 12.4 Å². The van der Waals surface area contributed by atoms with Crippen LogP contribution < -0.4 is 20.7 Å². The number of carbonyl (C=O) groups excluding carboxylic acids is 2. The maximum Gasteiger partial charge on any atom is 0.262 e. The van der Waals surface area contributed by atoms with Crippen LogP contribution in [0.4, 0.5) is 11.4 Å². The maximum absolute atomic E-state index is 11.9. The van der Waals surface area contributed by atoms with Gasteiger partial charge < -0.3 is 20.7 Å². The highest BCUT2D eigenvalue weighted by molar-refractivity contribution is 5.97. The van der Waals surface area contributed by atoms with Crippen molar-refractivity contribution in [1.29, 1.82) is 0 Å². The Kier molecular flexibility index (Phi) is 5.79. The van der Waals surface area contributed by atoms with Crippen LogP contribution in [0.1, 0.15) is 6.92 Å². The highest BCUT2D eigenvalue weighted by Crippen LogP contribution is 2.30. The lowest BCUT2D eigenvalue weighted by Crippen LogP contribution is -2.29. The van der Waals surface area contributed by atoms with Gasteiger partial charge in [0.05, 0.1) is 5.69 Å². The average molecular weight is 300 g/mol. The van der Waals surface area contributed by atoms with Gasteiger partial charge in [-0.05, 0) is 19.2 Å². The summed E-state index contributed by atoms with van der Waals surface area (Å²) >= 11 is 0. The molecule has 1 aliphatic rings. The smallest absolute Gasteiger partial charge is 0.262 e. The van der Waals surface area contributed by atoms with E-state index in [1.165, 1.54) is 0 Å². The van der Waals surface area contributed by atoms with Gasteiger partial charge in [0, 0.05) is 24.2 Å². The van der Waals surface area contributed by atoms with Crippen LogP contribution in [-0.4, -0.2) is 32.0 Å². The molecule has 2 rings (SSSR count). The van der Waals surface area contributed by atoms with Crippen molar-refractivity contribution >= 4 is 35.6 Å². The van der Waals surface area contributed by atoms with Gasteiger partial charge in [0.15, 0.2) is 6.61 Å². The van der Waals surface area contributed by atoms with Gasteiger partial charge in [0.1, 0.15) is 5.75 Å². The van der Waals surface area contributed by atoms with Crippen LogP contribution in [0.2, 0.25) is 0 Å². The molecule has 1 aromatic carbocycles. The number of anilines is 2. The summed E-state index contributed by atoms with van der Waals surface area (Å²) in [5.74, 6) is 0.210. The van der Waals surface area contributed by atoms with Crippen LogP contribution in [-0.2, 0) is 9.59 Å². The van der Waals surface area contributed by atoms with E-state index in [0.29, 0.717) is 23.7 Å². The maximum atomic E-state index is 11.9. The minimum Gasteiger partial charge on any atom is -0.482 e. The molecule has 1 atom stereocenters.